The van der Waals surface area contributed by atoms with E-state index in [0.717, 1.165) is 27.5 Å². The van der Waals surface area contributed by atoms with Crippen molar-refractivity contribution in [3.05, 3.63) is 102 Å². The van der Waals surface area contributed by atoms with Crippen molar-refractivity contribution in [2.45, 2.75) is 26.1 Å². The molecule has 0 fully saturated rings. The SMILES string of the molecule is [2H]C([2H])(c1ccccc1)c1ccnc(-c2cccc3c2oc2cc(C(C)C)ccc23)c1. The van der Waals surface area contributed by atoms with E-state index in [1.165, 1.54) is 5.56 Å². The first kappa shape index (κ1) is 15.5. The summed E-state index contributed by atoms with van der Waals surface area (Å²) in [7, 11) is 0. The molecule has 0 aliphatic carbocycles. The quantitative estimate of drug-likeness (QED) is 0.326. The average Bonchev–Trinajstić information content (AvgIpc) is 3.17. The van der Waals surface area contributed by atoms with Gasteiger partial charge in [0.1, 0.15) is 11.2 Å². The van der Waals surface area contributed by atoms with Crippen molar-refractivity contribution in [3.63, 3.8) is 0 Å². The van der Waals surface area contributed by atoms with Crippen LogP contribution in [0.3, 0.4) is 0 Å². The molecule has 0 saturated carbocycles. The van der Waals surface area contributed by atoms with Gasteiger partial charge in [-0.25, -0.2) is 0 Å². The standard InChI is InChI=1S/C27H23NO/c1-18(2)21-11-12-22-23-9-6-10-24(27(23)29-26(22)17-21)25-16-20(13-14-28-25)15-19-7-4-3-5-8-19/h3-14,16-18H,15H2,1-2H3/i15D2. The molecule has 0 bridgehead atoms. The summed E-state index contributed by atoms with van der Waals surface area (Å²) in [5.41, 5.74) is 5.64. The van der Waals surface area contributed by atoms with E-state index in [0.29, 0.717) is 22.7 Å². The number of nitrogens with zero attached hydrogens (tertiary/aromatic N) is 1. The Morgan fingerprint density at radius 3 is 2.55 bits per heavy atom. The summed E-state index contributed by atoms with van der Waals surface area (Å²) < 4.78 is 23.7. The third kappa shape index (κ3) is 3.31. The van der Waals surface area contributed by atoms with Gasteiger partial charge in [0, 0.05) is 25.3 Å². The van der Waals surface area contributed by atoms with Gasteiger partial charge in [-0.1, -0.05) is 68.4 Å². The van der Waals surface area contributed by atoms with Crippen LogP contribution in [0.2, 0.25) is 0 Å². The fraction of sp³-hybridized carbons (Fsp3) is 0.148. The second-order valence-electron chi connectivity index (χ2n) is 7.62. The largest absolute Gasteiger partial charge is 0.455 e. The molecule has 0 radical (unpaired) electrons. The highest BCUT2D eigenvalue weighted by Crippen LogP contribution is 2.36. The molecule has 142 valence electrons. The maximum absolute atomic E-state index is 8.70. The van der Waals surface area contributed by atoms with Crippen LogP contribution >= 0.6 is 0 Å². The average molecular weight is 379 g/mol. The molecule has 3 aromatic carbocycles. The van der Waals surface area contributed by atoms with Gasteiger partial charge < -0.3 is 4.42 Å². The number of furan rings is 1. The van der Waals surface area contributed by atoms with Crippen LogP contribution in [-0.2, 0) is 6.37 Å². The Balaban J connectivity index is 1.66. The summed E-state index contributed by atoms with van der Waals surface area (Å²) in [5.74, 6) is 0.427. The summed E-state index contributed by atoms with van der Waals surface area (Å²) in [5, 5.41) is 2.12. The number of aromatic nitrogens is 1. The van der Waals surface area contributed by atoms with E-state index < -0.39 is 6.37 Å². The number of hydrogen-bond acceptors (Lipinski definition) is 2. The molecule has 29 heavy (non-hydrogen) atoms. The smallest absolute Gasteiger partial charge is 0.144 e. The second kappa shape index (κ2) is 7.21. The maximum Gasteiger partial charge on any atom is 0.144 e. The molecule has 2 heteroatoms. The number of benzene rings is 3. The highest BCUT2D eigenvalue weighted by Gasteiger charge is 2.14. The topological polar surface area (TPSA) is 26.0 Å². The predicted octanol–water partition coefficient (Wildman–Crippen LogP) is 7.36. The molecule has 0 amide bonds. The Morgan fingerprint density at radius 2 is 1.72 bits per heavy atom. The first-order valence-electron chi connectivity index (χ1n) is 10.9. The number of hydrogen-bond donors (Lipinski definition) is 0. The Bertz CT molecular complexity index is 1390. The summed E-state index contributed by atoms with van der Waals surface area (Å²) in [4.78, 5) is 4.56. The van der Waals surface area contributed by atoms with E-state index in [1.54, 1.807) is 12.3 Å². The zero-order valence-corrected chi connectivity index (χ0v) is 16.5. The lowest BCUT2D eigenvalue weighted by Crippen LogP contribution is -1.91. The van der Waals surface area contributed by atoms with Crippen molar-refractivity contribution >= 4 is 21.9 Å². The number of fused-ring (bicyclic) bond motifs is 3. The van der Waals surface area contributed by atoms with E-state index in [9.17, 15) is 0 Å². The molecule has 0 saturated heterocycles. The predicted molar refractivity (Wildman–Crippen MR) is 120 cm³/mol. The third-order valence-corrected chi connectivity index (χ3v) is 5.29. The Labute approximate surface area is 173 Å². The molecule has 0 aliphatic heterocycles. The number of para-hydroxylation sites is 1. The lowest BCUT2D eigenvalue weighted by molar-refractivity contribution is 0.668. The van der Waals surface area contributed by atoms with Crippen molar-refractivity contribution in [2.75, 3.05) is 0 Å². The molecule has 0 aliphatic rings. The van der Waals surface area contributed by atoms with Gasteiger partial charge in [0.05, 0.1) is 5.69 Å². The minimum absolute atomic E-state index is 0.427. The Kier molecular flexibility index (Phi) is 3.86. The van der Waals surface area contributed by atoms with Crippen molar-refractivity contribution in [1.29, 1.82) is 0 Å². The van der Waals surface area contributed by atoms with Crippen molar-refractivity contribution in [3.8, 4) is 11.3 Å². The molecule has 2 heterocycles. The Hall–Kier alpha value is -3.39. The fourth-order valence-corrected chi connectivity index (χ4v) is 3.72. The van der Waals surface area contributed by atoms with Gasteiger partial charge in [0.25, 0.3) is 0 Å². The van der Waals surface area contributed by atoms with Crippen LogP contribution in [0.4, 0.5) is 0 Å². The molecule has 5 aromatic rings. The fourth-order valence-electron chi connectivity index (χ4n) is 3.72. The van der Waals surface area contributed by atoms with E-state index in [2.05, 4.69) is 43.1 Å². The van der Waals surface area contributed by atoms with E-state index in [4.69, 9.17) is 7.16 Å². The van der Waals surface area contributed by atoms with Crippen LogP contribution in [0.5, 0.6) is 0 Å². The van der Waals surface area contributed by atoms with Crippen molar-refractivity contribution in [1.82, 2.24) is 4.98 Å². The van der Waals surface area contributed by atoms with Crippen LogP contribution in [0.1, 0.15) is 39.2 Å². The molecular formula is C27H23NO. The first-order chi connectivity index (χ1) is 14.9. The summed E-state index contributed by atoms with van der Waals surface area (Å²) >= 11 is 0. The zero-order chi connectivity index (χ0) is 21.6. The van der Waals surface area contributed by atoms with Crippen molar-refractivity contribution in [2.24, 2.45) is 0 Å². The second-order valence-corrected chi connectivity index (χ2v) is 7.62. The molecule has 0 atom stereocenters. The zero-order valence-electron chi connectivity index (χ0n) is 18.5. The maximum atomic E-state index is 8.70. The molecule has 2 aromatic heterocycles. The summed E-state index contributed by atoms with van der Waals surface area (Å²) in [6.07, 6.45) is 0.0523. The normalized spacial score (nSPS) is 13.1. The van der Waals surface area contributed by atoms with Gasteiger partial charge in [-0.15, -0.1) is 0 Å². The number of rotatable bonds is 4. The number of pyridine rings is 1. The molecule has 0 spiro atoms. The van der Waals surface area contributed by atoms with Crippen LogP contribution in [0.15, 0.2) is 89.5 Å². The molecule has 2 nitrogen and oxygen atoms in total. The van der Waals surface area contributed by atoms with Gasteiger partial charge >= 0.3 is 0 Å². The summed E-state index contributed by atoms with van der Waals surface area (Å²) in [6.45, 7) is 4.34. The highest BCUT2D eigenvalue weighted by atomic mass is 16.3. The Morgan fingerprint density at radius 1 is 0.862 bits per heavy atom. The van der Waals surface area contributed by atoms with E-state index >= 15 is 0 Å². The first-order valence-corrected chi connectivity index (χ1v) is 9.93. The van der Waals surface area contributed by atoms with Crippen LogP contribution in [0.25, 0.3) is 33.2 Å². The van der Waals surface area contributed by atoms with Gasteiger partial charge in [-0.2, -0.15) is 0 Å². The molecule has 0 N–H and O–H groups in total. The van der Waals surface area contributed by atoms with Gasteiger partial charge in [-0.05, 0) is 53.2 Å². The molecule has 0 unspecified atom stereocenters. The van der Waals surface area contributed by atoms with Gasteiger partial charge in [0.2, 0.25) is 0 Å². The lowest BCUT2D eigenvalue weighted by atomic mass is 10.00. The highest BCUT2D eigenvalue weighted by molar-refractivity contribution is 6.09. The minimum atomic E-state index is -1.62. The van der Waals surface area contributed by atoms with Crippen LogP contribution in [-0.4, -0.2) is 4.98 Å². The monoisotopic (exact) mass is 379 g/mol. The van der Waals surface area contributed by atoms with Crippen LogP contribution < -0.4 is 0 Å². The molecular weight excluding hydrogens is 354 g/mol. The van der Waals surface area contributed by atoms with Crippen LogP contribution in [0, 0.1) is 0 Å². The van der Waals surface area contributed by atoms with Crippen molar-refractivity contribution < 1.29 is 7.16 Å². The van der Waals surface area contributed by atoms with E-state index in [1.807, 2.05) is 48.5 Å². The summed E-state index contributed by atoms with van der Waals surface area (Å²) in [6, 6.07) is 25.2. The third-order valence-electron chi connectivity index (χ3n) is 5.29. The molecule has 5 rings (SSSR count). The van der Waals surface area contributed by atoms with Gasteiger partial charge in [-0.3, -0.25) is 4.98 Å². The van der Waals surface area contributed by atoms with Gasteiger partial charge in [0.15, 0.2) is 0 Å². The minimum Gasteiger partial charge on any atom is -0.455 e. The van der Waals surface area contributed by atoms with E-state index in [-0.39, 0.29) is 0 Å². The lowest BCUT2D eigenvalue weighted by Gasteiger charge is -2.06.